The predicted octanol–water partition coefficient (Wildman–Crippen LogP) is 5.03. The number of fused-ring (bicyclic) bond motifs is 1. The van der Waals surface area contributed by atoms with Crippen LogP contribution in [0.25, 0.3) is 11.0 Å². The van der Waals surface area contributed by atoms with Crippen LogP contribution < -0.4 is 15.4 Å². The summed E-state index contributed by atoms with van der Waals surface area (Å²) in [5.41, 5.74) is -0.0357. The van der Waals surface area contributed by atoms with Crippen molar-refractivity contribution < 1.29 is 17.9 Å². The zero-order chi connectivity index (χ0) is 19.9. The average molecular weight is 409 g/mol. The molecule has 1 aliphatic carbocycles. The number of rotatable bonds is 6. The van der Waals surface area contributed by atoms with Crippen molar-refractivity contribution >= 4 is 40.2 Å². The van der Waals surface area contributed by atoms with E-state index in [2.05, 4.69) is 25.6 Å². The van der Waals surface area contributed by atoms with Gasteiger partial charge in [-0.1, -0.05) is 0 Å². The Morgan fingerprint density at radius 2 is 2.04 bits per heavy atom. The molecule has 0 saturated heterocycles. The summed E-state index contributed by atoms with van der Waals surface area (Å²) in [4.78, 5) is 12.2. The maximum atomic E-state index is 13.4. The largest absolute Gasteiger partial charge is 0.495 e. The Hall–Kier alpha value is -2.62. The van der Waals surface area contributed by atoms with Gasteiger partial charge in [0.2, 0.25) is 5.95 Å². The molecule has 0 atom stereocenters. The van der Waals surface area contributed by atoms with Crippen LogP contribution in [-0.2, 0) is 6.18 Å². The van der Waals surface area contributed by atoms with Crippen molar-refractivity contribution in [3.63, 3.8) is 0 Å². The molecule has 2 aromatic heterocycles. The second-order valence-electron chi connectivity index (χ2n) is 6.43. The number of hydrogen-bond donors (Lipinski definition) is 3. The summed E-state index contributed by atoms with van der Waals surface area (Å²) >= 11 is 1.58. The Morgan fingerprint density at radius 1 is 1.25 bits per heavy atom. The quantitative estimate of drug-likeness (QED) is 0.496. The summed E-state index contributed by atoms with van der Waals surface area (Å²) in [6, 6.07) is 5.73. The summed E-state index contributed by atoms with van der Waals surface area (Å²) in [6.45, 7) is 0. The van der Waals surface area contributed by atoms with Gasteiger partial charge in [-0.2, -0.15) is 23.1 Å². The Morgan fingerprint density at radius 3 is 2.68 bits per heavy atom. The molecule has 0 bridgehead atoms. The maximum absolute atomic E-state index is 13.4. The van der Waals surface area contributed by atoms with Gasteiger partial charge in [0.25, 0.3) is 0 Å². The fourth-order valence-electron chi connectivity index (χ4n) is 2.86. The summed E-state index contributed by atoms with van der Waals surface area (Å²) in [7, 11) is 1.55. The van der Waals surface area contributed by atoms with E-state index in [4.69, 9.17) is 4.74 Å². The molecule has 2 heterocycles. The van der Waals surface area contributed by atoms with E-state index in [9.17, 15) is 13.2 Å². The molecule has 148 valence electrons. The Balaban J connectivity index is 1.76. The first-order valence-electron chi connectivity index (χ1n) is 8.61. The van der Waals surface area contributed by atoms with Crippen LogP contribution in [0.5, 0.6) is 5.75 Å². The molecular formula is C18H18F3N5OS. The summed E-state index contributed by atoms with van der Waals surface area (Å²) in [5.74, 6) is 0.944. The lowest BCUT2D eigenvalue weighted by atomic mass is 10.2. The molecule has 3 N–H and O–H groups in total. The number of hydrogen-bond acceptors (Lipinski definition) is 6. The van der Waals surface area contributed by atoms with Gasteiger partial charge in [-0.3, -0.25) is 0 Å². The summed E-state index contributed by atoms with van der Waals surface area (Å²) in [6.07, 6.45) is 0.203. The maximum Gasteiger partial charge on any atom is 0.418 e. The highest BCUT2D eigenvalue weighted by atomic mass is 32.2. The van der Waals surface area contributed by atoms with E-state index in [1.54, 1.807) is 18.9 Å². The molecule has 3 aromatic rings. The lowest BCUT2D eigenvalue weighted by Gasteiger charge is -2.14. The Bertz CT molecular complexity index is 1020. The van der Waals surface area contributed by atoms with Crippen molar-refractivity contribution in [1.29, 1.82) is 0 Å². The first kappa shape index (κ1) is 18.7. The van der Waals surface area contributed by atoms with E-state index in [1.807, 2.05) is 24.5 Å². The van der Waals surface area contributed by atoms with Crippen molar-refractivity contribution in [1.82, 2.24) is 15.0 Å². The van der Waals surface area contributed by atoms with Crippen molar-refractivity contribution in [2.24, 2.45) is 0 Å². The molecule has 4 rings (SSSR count). The van der Waals surface area contributed by atoms with Crippen molar-refractivity contribution in [3.8, 4) is 5.75 Å². The number of aromatic amines is 1. The number of nitrogens with one attached hydrogen (secondary N) is 3. The third-order valence-corrected chi connectivity index (χ3v) is 5.14. The summed E-state index contributed by atoms with van der Waals surface area (Å²) < 4.78 is 45.5. The molecule has 28 heavy (non-hydrogen) atoms. The van der Waals surface area contributed by atoms with Gasteiger partial charge in [0.05, 0.1) is 23.7 Å². The van der Waals surface area contributed by atoms with Gasteiger partial charge in [-0.25, -0.2) is 0 Å². The number of thioether (sulfide) groups is 1. The van der Waals surface area contributed by atoms with E-state index in [1.165, 1.54) is 0 Å². The first-order valence-corrected chi connectivity index (χ1v) is 9.83. The van der Waals surface area contributed by atoms with Crippen LogP contribution in [0.2, 0.25) is 0 Å². The molecule has 1 aliphatic rings. The van der Waals surface area contributed by atoms with Crippen molar-refractivity contribution in [3.05, 3.63) is 30.0 Å². The van der Waals surface area contributed by atoms with Gasteiger partial charge >= 0.3 is 6.18 Å². The van der Waals surface area contributed by atoms with Crippen molar-refractivity contribution in [2.75, 3.05) is 24.0 Å². The normalized spacial score (nSPS) is 14.3. The predicted molar refractivity (Wildman–Crippen MR) is 104 cm³/mol. The smallest absolute Gasteiger partial charge is 0.418 e. The molecule has 1 saturated carbocycles. The number of benzene rings is 1. The SMILES string of the molecule is COc1cc(SC)ccc1Nc1nc(NC2CC2)c2c(C(F)(F)F)c[nH]c2n1. The molecule has 1 fully saturated rings. The number of methoxy groups -OCH3 is 1. The summed E-state index contributed by atoms with van der Waals surface area (Å²) in [5, 5.41) is 6.09. The minimum absolute atomic E-state index is 0.0466. The fourth-order valence-corrected chi connectivity index (χ4v) is 3.29. The molecule has 0 radical (unpaired) electrons. The second kappa shape index (κ2) is 7.08. The minimum atomic E-state index is -4.49. The molecule has 1 aromatic carbocycles. The Kier molecular flexibility index (Phi) is 4.74. The highest BCUT2D eigenvalue weighted by Crippen LogP contribution is 2.39. The van der Waals surface area contributed by atoms with E-state index in [0.717, 1.165) is 23.9 Å². The lowest BCUT2D eigenvalue weighted by Crippen LogP contribution is -2.10. The zero-order valence-corrected chi connectivity index (χ0v) is 16.0. The van der Waals surface area contributed by atoms with Gasteiger partial charge in [-0.05, 0) is 37.3 Å². The average Bonchev–Trinajstić information content (AvgIpc) is 3.36. The van der Waals surface area contributed by atoms with Crippen LogP contribution in [0, 0.1) is 0 Å². The van der Waals surface area contributed by atoms with Crippen LogP contribution in [-0.4, -0.2) is 34.4 Å². The lowest BCUT2D eigenvalue weighted by molar-refractivity contribution is -0.136. The number of aromatic nitrogens is 3. The van der Waals surface area contributed by atoms with E-state index >= 15 is 0 Å². The number of ether oxygens (including phenoxy) is 1. The monoisotopic (exact) mass is 409 g/mol. The van der Waals surface area contributed by atoms with Gasteiger partial charge in [0, 0.05) is 17.1 Å². The third kappa shape index (κ3) is 3.68. The van der Waals surface area contributed by atoms with Crippen LogP contribution in [0.3, 0.4) is 0 Å². The minimum Gasteiger partial charge on any atom is -0.495 e. The van der Waals surface area contributed by atoms with Crippen LogP contribution in [0.1, 0.15) is 18.4 Å². The number of alkyl halides is 3. The van der Waals surface area contributed by atoms with Crippen LogP contribution >= 0.6 is 11.8 Å². The second-order valence-corrected chi connectivity index (χ2v) is 7.31. The number of anilines is 3. The molecule has 0 unspecified atom stereocenters. The fraction of sp³-hybridized carbons (Fsp3) is 0.333. The van der Waals surface area contributed by atoms with E-state index in [0.29, 0.717) is 11.4 Å². The number of halogens is 3. The standard InChI is InChI=1S/C18H18F3N5OS/c1-27-13-7-10(28-2)5-6-12(13)24-17-25-15-14(11(8-22-15)18(19,20)21)16(26-17)23-9-3-4-9/h5-9H,3-4H2,1-2H3,(H3,22,23,24,25,26). The highest BCUT2D eigenvalue weighted by molar-refractivity contribution is 7.98. The Labute approximate surface area is 163 Å². The van der Waals surface area contributed by atoms with Crippen molar-refractivity contribution in [2.45, 2.75) is 30.0 Å². The van der Waals surface area contributed by atoms with Gasteiger partial charge in [0.1, 0.15) is 17.2 Å². The molecule has 0 aliphatic heterocycles. The topological polar surface area (TPSA) is 74.9 Å². The van der Waals surface area contributed by atoms with E-state index < -0.39 is 11.7 Å². The molecular weight excluding hydrogens is 391 g/mol. The van der Waals surface area contributed by atoms with E-state index in [-0.39, 0.29) is 28.8 Å². The highest BCUT2D eigenvalue weighted by Gasteiger charge is 2.36. The van der Waals surface area contributed by atoms with Crippen LogP contribution in [0.4, 0.5) is 30.6 Å². The molecule has 0 spiro atoms. The van der Waals surface area contributed by atoms with Crippen LogP contribution in [0.15, 0.2) is 29.3 Å². The molecule has 10 heteroatoms. The molecule has 0 amide bonds. The zero-order valence-electron chi connectivity index (χ0n) is 15.1. The molecule has 6 nitrogen and oxygen atoms in total. The van der Waals surface area contributed by atoms with Gasteiger partial charge in [0.15, 0.2) is 0 Å². The van der Waals surface area contributed by atoms with Gasteiger partial charge in [-0.15, -0.1) is 11.8 Å². The third-order valence-electron chi connectivity index (χ3n) is 4.41. The number of H-pyrrole nitrogens is 1. The first-order chi connectivity index (χ1) is 13.4. The number of nitrogens with zero attached hydrogens (tertiary/aromatic N) is 2. The van der Waals surface area contributed by atoms with Gasteiger partial charge < -0.3 is 20.4 Å².